The lowest BCUT2D eigenvalue weighted by atomic mass is 9.99. The van der Waals surface area contributed by atoms with Gasteiger partial charge in [0.25, 0.3) is 5.91 Å². The number of nitrogen functional groups attached to an aromatic ring is 1. The summed E-state index contributed by atoms with van der Waals surface area (Å²) in [6, 6.07) is 15.1. The first-order chi connectivity index (χ1) is 16.0. The van der Waals surface area contributed by atoms with Crippen molar-refractivity contribution in [3.05, 3.63) is 71.4 Å². The number of aryl methyl sites for hydroxylation is 1. The number of nitrogens with zero attached hydrogens (tertiary/aromatic N) is 2. The summed E-state index contributed by atoms with van der Waals surface area (Å²) in [4.78, 5) is 21.7. The highest BCUT2D eigenvalue weighted by Crippen LogP contribution is 2.45. The zero-order valence-corrected chi connectivity index (χ0v) is 19.7. The van der Waals surface area contributed by atoms with E-state index in [1.807, 2.05) is 49.6 Å². The summed E-state index contributed by atoms with van der Waals surface area (Å²) in [5, 5.41) is 2.67. The number of likely N-dealkylation sites (N-methyl/N-ethyl adjacent to an activating group) is 1. The third-order valence-electron chi connectivity index (χ3n) is 5.35. The number of carbonyl (C=O) groups is 1. The molecule has 1 fully saturated rings. The van der Waals surface area contributed by atoms with Crippen molar-refractivity contribution < 1.29 is 9.53 Å². The summed E-state index contributed by atoms with van der Waals surface area (Å²) in [7, 11) is 1.58. The molecule has 0 unspecified atom stereocenters. The fourth-order valence-corrected chi connectivity index (χ4v) is 3.87. The molecule has 4 N–H and O–H groups in total. The van der Waals surface area contributed by atoms with Crippen molar-refractivity contribution in [3.63, 3.8) is 0 Å². The molecule has 1 aliphatic rings. The van der Waals surface area contributed by atoms with E-state index < -0.39 is 0 Å². The number of amides is 1. The summed E-state index contributed by atoms with van der Waals surface area (Å²) in [6.45, 7) is 2.02. The number of anilines is 2. The van der Waals surface area contributed by atoms with E-state index in [4.69, 9.17) is 10.5 Å². The number of nitrogens with one attached hydrogen (secondary N) is 2. The van der Waals surface area contributed by atoms with Crippen LogP contribution in [0.2, 0.25) is 0 Å². The van der Waals surface area contributed by atoms with Gasteiger partial charge < -0.3 is 20.5 Å². The minimum Gasteiger partial charge on any atom is -0.439 e. The number of carbonyl (C=O) groups excluding carboxylic acids is 1. The smallest absolute Gasteiger partial charge is 0.270 e. The van der Waals surface area contributed by atoms with Crippen LogP contribution in [0.1, 0.15) is 35.4 Å². The lowest BCUT2D eigenvalue weighted by molar-refractivity contribution is -0.114. The summed E-state index contributed by atoms with van der Waals surface area (Å²) < 4.78 is 9.08. The number of ether oxygens (including phenoxy) is 1. The van der Waals surface area contributed by atoms with Gasteiger partial charge in [0.2, 0.25) is 5.88 Å². The van der Waals surface area contributed by atoms with Gasteiger partial charge in [-0.05, 0) is 61.6 Å². The Bertz CT molecular complexity index is 1170. The first-order valence-electron chi connectivity index (χ1n) is 10.7. The van der Waals surface area contributed by atoms with E-state index in [-0.39, 0.29) is 11.6 Å². The standard InChI is InChI=1S/C25H27N5O2S/c1-15-4-9-18(10-5-15)32-23-11-8-17(14-28-23)29-24(25(31)27-2)20-12-19(16-6-7-16)22(30-33-3)13-21(20)26/h4-5,8-14,16,30H,6-7,26H2,1-3H3,(H,27,31). The first-order valence-corrected chi connectivity index (χ1v) is 11.9. The van der Waals surface area contributed by atoms with E-state index in [0.717, 1.165) is 29.7 Å². The van der Waals surface area contributed by atoms with Crippen LogP contribution in [0.3, 0.4) is 0 Å². The molecule has 8 heteroatoms. The van der Waals surface area contributed by atoms with Crippen molar-refractivity contribution >= 4 is 40.6 Å². The molecule has 0 aliphatic heterocycles. The zero-order valence-electron chi connectivity index (χ0n) is 18.9. The molecule has 1 heterocycles. The predicted octanol–water partition coefficient (Wildman–Crippen LogP) is 5.20. The number of pyridine rings is 1. The number of hydrogen-bond acceptors (Lipinski definition) is 7. The van der Waals surface area contributed by atoms with Gasteiger partial charge in [0.05, 0.1) is 11.9 Å². The predicted molar refractivity (Wildman–Crippen MR) is 136 cm³/mol. The van der Waals surface area contributed by atoms with E-state index in [2.05, 4.69) is 20.0 Å². The van der Waals surface area contributed by atoms with E-state index in [1.165, 1.54) is 11.9 Å². The molecule has 0 saturated heterocycles. The van der Waals surface area contributed by atoms with Crippen molar-refractivity contribution in [2.24, 2.45) is 4.99 Å². The van der Waals surface area contributed by atoms with Gasteiger partial charge in [-0.1, -0.05) is 29.6 Å². The Kier molecular flexibility index (Phi) is 6.84. The fraction of sp³-hybridized carbons (Fsp3) is 0.240. The van der Waals surface area contributed by atoms with E-state index >= 15 is 0 Å². The van der Waals surface area contributed by atoms with Crippen LogP contribution in [0.4, 0.5) is 17.1 Å². The Morgan fingerprint density at radius 1 is 1.18 bits per heavy atom. The molecular weight excluding hydrogens is 434 g/mol. The lowest BCUT2D eigenvalue weighted by Gasteiger charge is -2.15. The van der Waals surface area contributed by atoms with Crippen LogP contribution in [-0.2, 0) is 4.79 Å². The van der Waals surface area contributed by atoms with E-state index in [9.17, 15) is 4.79 Å². The highest BCUT2D eigenvalue weighted by Gasteiger charge is 2.28. The summed E-state index contributed by atoms with van der Waals surface area (Å²) in [5.41, 5.74) is 11.6. The van der Waals surface area contributed by atoms with Gasteiger partial charge in [-0.25, -0.2) is 9.98 Å². The minimum absolute atomic E-state index is 0.251. The highest BCUT2D eigenvalue weighted by atomic mass is 32.2. The second kappa shape index (κ2) is 9.95. The van der Waals surface area contributed by atoms with Gasteiger partial charge in [0.1, 0.15) is 11.5 Å². The van der Waals surface area contributed by atoms with Crippen LogP contribution < -0.4 is 20.5 Å². The third kappa shape index (κ3) is 5.46. The Morgan fingerprint density at radius 2 is 1.94 bits per heavy atom. The maximum atomic E-state index is 12.7. The molecule has 2 aromatic carbocycles. The molecule has 0 atom stereocenters. The van der Waals surface area contributed by atoms with Crippen LogP contribution in [0, 0.1) is 6.92 Å². The minimum atomic E-state index is -0.311. The van der Waals surface area contributed by atoms with Gasteiger partial charge in [0.15, 0.2) is 0 Å². The van der Waals surface area contributed by atoms with Crippen LogP contribution >= 0.6 is 11.9 Å². The average molecular weight is 462 g/mol. The van der Waals surface area contributed by atoms with Crippen molar-refractivity contribution in [2.45, 2.75) is 25.7 Å². The summed E-state index contributed by atoms with van der Waals surface area (Å²) in [5.74, 6) is 1.32. The molecule has 1 aliphatic carbocycles. The number of aromatic nitrogens is 1. The Balaban J connectivity index is 1.65. The number of benzene rings is 2. The molecule has 7 nitrogen and oxygen atoms in total. The molecule has 0 radical (unpaired) electrons. The van der Waals surface area contributed by atoms with Gasteiger partial charge in [-0.3, -0.25) is 4.79 Å². The summed E-state index contributed by atoms with van der Waals surface area (Å²) in [6.07, 6.45) is 5.81. The van der Waals surface area contributed by atoms with Gasteiger partial charge in [0, 0.05) is 36.3 Å². The van der Waals surface area contributed by atoms with Crippen molar-refractivity contribution in [1.82, 2.24) is 10.3 Å². The Hall–Kier alpha value is -3.52. The van der Waals surface area contributed by atoms with E-state index in [0.29, 0.717) is 34.5 Å². The first kappa shape index (κ1) is 22.7. The molecule has 3 aromatic rings. The molecule has 0 bridgehead atoms. The largest absolute Gasteiger partial charge is 0.439 e. The Labute approximate surface area is 198 Å². The van der Waals surface area contributed by atoms with Crippen molar-refractivity contribution in [2.75, 3.05) is 23.8 Å². The lowest BCUT2D eigenvalue weighted by Crippen LogP contribution is -2.29. The Morgan fingerprint density at radius 3 is 2.55 bits per heavy atom. The number of hydrogen-bond donors (Lipinski definition) is 3. The quantitative estimate of drug-likeness (QED) is 0.242. The van der Waals surface area contributed by atoms with Gasteiger partial charge in [-0.15, -0.1) is 0 Å². The highest BCUT2D eigenvalue weighted by molar-refractivity contribution is 7.99. The number of rotatable bonds is 8. The maximum absolute atomic E-state index is 12.7. The van der Waals surface area contributed by atoms with Crippen molar-refractivity contribution in [3.8, 4) is 11.6 Å². The van der Waals surface area contributed by atoms with Gasteiger partial charge >= 0.3 is 0 Å². The molecule has 1 aromatic heterocycles. The monoisotopic (exact) mass is 461 g/mol. The number of aliphatic imine (C=N–C) groups is 1. The molecule has 1 amide bonds. The number of nitrogens with two attached hydrogens (primary N) is 1. The SMILES string of the molecule is CNC(=O)C(=Nc1ccc(Oc2ccc(C)cc2)nc1)c1cc(C2CC2)c(NSC)cc1N. The molecule has 170 valence electrons. The average Bonchev–Trinajstić information content (AvgIpc) is 3.66. The second-order valence-electron chi connectivity index (χ2n) is 7.92. The van der Waals surface area contributed by atoms with Gasteiger partial charge in [-0.2, -0.15) is 0 Å². The van der Waals surface area contributed by atoms with E-state index in [1.54, 1.807) is 25.4 Å². The van der Waals surface area contributed by atoms with Crippen LogP contribution in [0.25, 0.3) is 0 Å². The molecule has 1 saturated carbocycles. The normalized spacial score (nSPS) is 13.5. The van der Waals surface area contributed by atoms with Crippen molar-refractivity contribution in [1.29, 1.82) is 0 Å². The fourth-order valence-electron chi connectivity index (χ4n) is 3.48. The molecular formula is C25H27N5O2S. The van der Waals surface area contributed by atoms with Crippen LogP contribution in [0.5, 0.6) is 11.6 Å². The summed E-state index contributed by atoms with van der Waals surface area (Å²) >= 11 is 1.52. The third-order valence-corrected chi connectivity index (χ3v) is 5.78. The second-order valence-corrected chi connectivity index (χ2v) is 8.53. The maximum Gasteiger partial charge on any atom is 0.270 e. The van der Waals surface area contributed by atoms with Crippen LogP contribution in [0.15, 0.2) is 59.7 Å². The molecule has 0 spiro atoms. The molecule has 4 rings (SSSR count). The molecule has 33 heavy (non-hydrogen) atoms. The van der Waals surface area contributed by atoms with Crippen LogP contribution in [-0.4, -0.2) is 29.9 Å². The topological polar surface area (TPSA) is 102 Å². The zero-order chi connectivity index (χ0) is 23.4.